The predicted molar refractivity (Wildman–Crippen MR) is 131 cm³/mol. The Morgan fingerprint density at radius 3 is 1.97 bits per heavy atom. The van der Waals surface area contributed by atoms with Gasteiger partial charge in [0.05, 0.1) is 6.04 Å². The lowest BCUT2D eigenvalue weighted by Crippen LogP contribution is -2.42. The molecule has 31 heavy (non-hydrogen) atoms. The largest absolute Gasteiger partial charge is 0.378 e. The van der Waals surface area contributed by atoms with Gasteiger partial charge in [-0.1, -0.05) is 66.7 Å². The minimum atomic E-state index is 0.0588. The third-order valence-corrected chi connectivity index (χ3v) is 5.66. The number of carbonyl (C=O) groups is 1. The molecule has 0 spiro atoms. The van der Waals surface area contributed by atoms with Gasteiger partial charge in [0.15, 0.2) is 0 Å². The van der Waals surface area contributed by atoms with Crippen LogP contribution in [0.1, 0.15) is 60.8 Å². The van der Waals surface area contributed by atoms with Crippen LogP contribution < -0.4 is 5.32 Å². The average Bonchev–Trinajstić information content (AvgIpc) is 2.74. The Kier molecular flexibility index (Phi) is 7.51. The average molecular weight is 415 g/mol. The summed E-state index contributed by atoms with van der Waals surface area (Å²) in [6.45, 7) is 10.4. The quantitative estimate of drug-likeness (QED) is 0.447. The molecule has 0 saturated carbocycles. The van der Waals surface area contributed by atoms with Gasteiger partial charge in [0, 0.05) is 23.3 Å². The summed E-state index contributed by atoms with van der Waals surface area (Å²) in [4.78, 5) is 15.6. The minimum absolute atomic E-state index is 0.0588. The molecule has 0 aliphatic heterocycles. The molecular formula is C28H34N2O. The second kappa shape index (κ2) is 10.3. The molecule has 3 rings (SSSR count). The van der Waals surface area contributed by atoms with Crippen LogP contribution in [0.2, 0.25) is 0 Å². The molecule has 0 radical (unpaired) electrons. The van der Waals surface area contributed by atoms with E-state index in [0.29, 0.717) is 0 Å². The maximum absolute atomic E-state index is 13.7. The van der Waals surface area contributed by atoms with Crippen molar-refractivity contribution in [1.82, 2.24) is 4.90 Å². The number of aryl methyl sites for hydroxylation is 1. The number of hydrogen-bond donors (Lipinski definition) is 1. The molecule has 1 amide bonds. The maximum atomic E-state index is 13.7. The Hall–Kier alpha value is -3.07. The van der Waals surface area contributed by atoms with Gasteiger partial charge in [0.2, 0.25) is 0 Å². The Morgan fingerprint density at radius 2 is 1.39 bits per heavy atom. The molecule has 1 unspecified atom stereocenters. The van der Waals surface area contributed by atoms with Crippen LogP contribution in [0.25, 0.3) is 0 Å². The summed E-state index contributed by atoms with van der Waals surface area (Å²) < 4.78 is 0. The van der Waals surface area contributed by atoms with E-state index in [1.165, 1.54) is 5.56 Å². The van der Waals surface area contributed by atoms with E-state index >= 15 is 0 Å². The van der Waals surface area contributed by atoms with Crippen molar-refractivity contribution < 1.29 is 4.79 Å². The summed E-state index contributed by atoms with van der Waals surface area (Å²) in [7, 11) is 0. The normalized spacial score (nSPS) is 12.1. The van der Waals surface area contributed by atoms with Crippen molar-refractivity contribution in [1.29, 1.82) is 0 Å². The highest BCUT2D eigenvalue weighted by Crippen LogP contribution is 2.28. The molecule has 3 aromatic rings. The fourth-order valence-electron chi connectivity index (χ4n) is 4.29. The summed E-state index contributed by atoms with van der Waals surface area (Å²) >= 11 is 0. The molecule has 0 heterocycles. The van der Waals surface area contributed by atoms with E-state index in [1.54, 1.807) is 0 Å². The predicted octanol–water partition coefficient (Wildman–Crippen LogP) is 6.65. The first kappa shape index (κ1) is 22.6. The number of hydrogen-bond acceptors (Lipinski definition) is 2. The first-order valence-corrected chi connectivity index (χ1v) is 11.2. The van der Waals surface area contributed by atoms with Gasteiger partial charge in [0.1, 0.15) is 0 Å². The van der Waals surface area contributed by atoms with Crippen LogP contribution in [-0.2, 0) is 6.42 Å². The van der Waals surface area contributed by atoms with E-state index in [1.807, 2.05) is 42.2 Å². The highest BCUT2D eigenvalue weighted by Gasteiger charge is 2.26. The van der Waals surface area contributed by atoms with Gasteiger partial charge in [-0.3, -0.25) is 4.79 Å². The molecule has 3 heteroatoms. The first-order chi connectivity index (χ1) is 14.9. The third kappa shape index (κ3) is 5.55. The first-order valence-electron chi connectivity index (χ1n) is 11.2. The molecule has 0 saturated heterocycles. The van der Waals surface area contributed by atoms with E-state index in [-0.39, 0.29) is 24.0 Å². The number of benzene rings is 3. The SMILES string of the molecule is Cc1cccc(CC(Nc2ccccc2)c2ccccc2)c1C(=O)N(C(C)C)C(C)C. The number of nitrogens with zero attached hydrogens (tertiary/aromatic N) is 1. The monoisotopic (exact) mass is 414 g/mol. The zero-order valence-corrected chi connectivity index (χ0v) is 19.3. The number of carbonyl (C=O) groups excluding carboxylic acids is 1. The van der Waals surface area contributed by atoms with Crippen LogP contribution in [0.5, 0.6) is 0 Å². The van der Waals surface area contributed by atoms with Crippen LogP contribution in [0.15, 0.2) is 78.9 Å². The highest BCUT2D eigenvalue weighted by molar-refractivity contribution is 5.97. The summed E-state index contributed by atoms with van der Waals surface area (Å²) in [5.74, 6) is 0.115. The van der Waals surface area contributed by atoms with Gasteiger partial charge < -0.3 is 10.2 Å². The van der Waals surface area contributed by atoms with Gasteiger partial charge in [0.25, 0.3) is 5.91 Å². The second-order valence-corrected chi connectivity index (χ2v) is 8.69. The molecule has 0 bridgehead atoms. The van der Waals surface area contributed by atoms with Gasteiger partial charge >= 0.3 is 0 Å². The zero-order chi connectivity index (χ0) is 22.4. The molecule has 3 nitrogen and oxygen atoms in total. The van der Waals surface area contributed by atoms with E-state index < -0.39 is 0 Å². The van der Waals surface area contributed by atoms with Gasteiger partial charge in [-0.25, -0.2) is 0 Å². The number of rotatable bonds is 8. The number of amides is 1. The fourth-order valence-corrected chi connectivity index (χ4v) is 4.29. The third-order valence-electron chi connectivity index (χ3n) is 5.66. The van der Waals surface area contributed by atoms with Crippen molar-refractivity contribution in [2.45, 2.75) is 59.2 Å². The van der Waals surface area contributed by atoms with Gasteiger partial charge in [-0.05, 0) is 69.9 Å². The van der Waals surface area contributed by atoms with Crippen LogP contribution in [0.4, 0.5) is 5.69 Å². The summed E-state index contributed by atoms with van der Waals surface area (Å²) in [6, 6.07) is 27.3. The fraction of sp³-hybridized carbons (Fsp3) is 0.321. The van der Waals surface area contributed by atoms with Crippen LogP contribution in [0.3, 0.4) is 0 Å². The number of anilines is 1. The number of nitrogens with one attached hydrogen (secondary N) is 1. The lowest BCUT2D eigenvalue weighted by atomic mass is 9.92. The molecule has 0 fully saturated rings. The molecule has 0 aromatic heterocycles. The maximum Gasteiger partial charge on any atom is 0.254 e. The Morgan fingerprint density at radius 1 is 0.806 bits per heavy atom. The van der Waals surface area contributed by atoms with E-state index in [0.717, 1.165) is 28.8 Å². The number of para-hydroxylation sites is 1. The topological polar surface area (TPSA) is 32.3 Å². The van der Waals surface area contributed by atoms with Crippen molar-refractivity contribution in [3.8, 4) is 0 Å². The van der Waals surface area contributed by atoms with Crippen molar-refractivity contribution in [3.63, 3.8) is 0 Å². The van der Waals surface area contributed by atoms with Crippen LogP contribution >= 0.6 is 0 Å². The second-order valence-electron chi connectivity index (χ2n) is 8.69. The molecule has 0 aliphatic rings. The summed E-state index contributed by atoms with van der Waals surface area (Å²) in [5.41, 5.74) is 5.22. The molecule has 1 N–H and O–H groups in total. The van der Waals surface area contributed by atoms with Crippen molar-refractivity contribution in [2.75, 3.05) is 5.32 Å². The Bertz CT molecular complexity index is 972. The lowest BCUT2D eigenvalue weighted by Gasteiger charge is -2.32. The summed E-state index contributed by atoms with van der Waals surface area (Å²) in [5, 5.41) is 3.68. The van der Waals surface area contributed by atoms with Crippen molar-refractivity contribution in [2.24, 2.45) is 0 Å². The smallest absolute Gasteiger partial charge is 0.254 e. The molecule has 1 atom stereocenters. The Balaban J connectivity index is 2.00. The highest BCUT2D eigenvalue weighted by atomic mass is 16.2. The zero-order valence-electron chi connectivity index (χ0n) is 19.3. The van der Waals surface area contributed by atoms with Crippen molar-refractivity contribution >= 4 is 11.6 Å². The summed E-state index contributed by atoms with van der Waals surface area (Å²) in [6.07, 6.45) is 0.728. The van der Waals surface area contributed by atoms with Gasteiger partial charge in [-0.15, -0.1) is 0 Å². The Labute approximate surface area is 187 Å². The van der Waals surface area contributed by atoms with E-state index in [9.17, 15) is 4.79 Å². The van der Waals surface area contributed by atoms with E-state index in [2.05, 4.69) is 81.5 Å². The molecule has 162 valence electrons. The van der Waals surface area contributed by atoms with Gasteiger partial charge in [-0.2, -0.15) is 0 Å². The van der Waals surface area contributed by atoms with Crippen molar-refractivity contribution in [3.05, 3.63) is 101 Å². The lowest BCUT2D eigenvalue weighted by molar-refractivity contribution is 0.0641. The standard InChI is InChI=1S/C28H34N2O/c1-20(2)30(21(3)4)28(31)27-22(5)13-12-16-24(27)19-26(23-14-8-6-9-15-23)29-25-17-10-7-11-18-25/h6-18,20-21,26,29H,19H2,1-5H3. The van der Waals surface area contributed by atoms with E-state index in [4.69, 9.17) is 0 Å². The molecule has 0 aliphatic carbocycles. The molecular weight excluding hydrogens is 380 g/mol. The van der Waals surface area contributed by atoms with Crippen LogP contribution in [0, 0.1) is 6.92 Å². The van der Waals surface area contributed by atoms with Crippen LogP contribution in [-0.4, -0.2) is 22.9 Å². The minimum Gasteiger partial charge on any atom is -0.378 e. The molecule has 3 aromatic carbocycles.